The summed E-state index contributed by atoms with van der Waals surface area (Å²) in [6.07, 6.45) is 0. The summed E-state index contributed by atoms with van der Waals surface area (Å²) in [7, 11) is 0. The fraction of sp³-hybridized carbons (Fsp3) is 0. The van der Waals surface area contributed by atoms with Gasteiger partial charge in [0.05, 0.1) is 28.4 Å². The van der Waals surface area contributed by atoms with Crippen molar-refractivity contribution in [2.75, 3.05) is 4.90 Å². The van der Waals surface area contributed by atoms with Crippen molar-refractivity contribution in [1.82, 2.24) is 13.3 Å². The van der Waals surface area contributed by atoms with E-state index < -0.39 is 0 Å². The van der Waals surface area contributed by atoms with Crippen molar-refractivity contribution in [2.24, 2.45) is 0 Å². The number of aromatic nitrogens is 3. The molecule has 0 amide bonds. The molecule has 318 valence electrons. The summed E-state index contributed by atoms with van der Waals surface area (Å²) in [4.78, 5) is 2.27. The van der Waals surface area contributed by atoms with Gasteiger partial charge in [-0.3, -0.25) is 0 Å². The first-order chi connectivity index (χ1) is 33.0. The molecule has 0 aliphatic carbocycles. The second kappa shape index (κ2) is 16.8. The molecule has 0 fully saturated rings. The highest BCUT2D eigenvalue weighted by Crippen LogP contribution is 2.43. The number of nitrogens with zero attached hydrogens (tertiary/aromatic N) is 4. The minimum Gasteiger partial charge on any atom is -0.309 e. The molecule has 2 aromatic heterocycles. The SMILES string of the molecule is Fc1ccc(-c2ccc3c(c2)c2cc(-c4ccc(F)cc4)ccc2n3-c2ccc(-c3ccc(N(c4ccc(-c5ccccc5)cc4)c4ccc(-c5ccccc5)cc4)c4nsnc34)cc2)cc1. The molecule has 0 spiro atoms. The van der Waals surface area contributed by atoms with Crippen molar-refractivity contribution >= 4 is 61.6 Å². The zero-order valence-electron chi connectivity index (χ0n) is 35.9. The van der Waals surface area contributed by atoms with Gasteiger partial charge in [-0.05, 0) is 147 Å². The first kappa shape index (κ1) is 40.0. The summed E-state index contributed by atoms with van der Waals surface area (Å²) >= 11 is 1.22. The standard InChI is InChI=1S/C60H38F2N4S/c61-48-23-11-43(12-24-48)46-21-34-56-54(37-46)55-38-47(44-13-25-49(62)26-14-44)22-35-57(55)66(56)52-31-19-45(20-32-52)53-33-36-58(60-59(53)63-67-64-60)65(50-27-15-41(16-28-50)39-7-3-1-4-8-39)51-29-17-42(18-30-51)40-9-5-2-6-10-40/h1-38H. The summed E-state index contributed by atoms with van der Waals surface area (Å²) in [5, 5.41) is 2.12. The minimum atomic E-state index is -0.270. The molecule has 0 saturated carbocycles. The Morgan fingerprint density at radius 1 is 0.358 bits per heavy atom. The third-order valence-corrected chi connectivity index (χ3v) is 13.2. The van der Waals surface area contributed by atoms with E-state index in [4.69, 9.17) is 8.75 Å². The molecule has 67 heavy (non-hydrogen) atoms. The van der Waals surface area contributed by atoms with E-state index in [1.165, 1.54) is 47.1 Å². The van der Waals surface area contributed by atoms with Crippen molar-refractivity contribution in [3.8, 4) is 61.3 Å². The number of hydrogen-bond donors (Lipinski definition) is 0. The minimum absolute atomic E-state index is 0.270. The van der Waals surface area contributed by atoms with E-state index in [2.05, 4.69) is 179 Å². The summed E-state index contributed by atoms with van der Waals surface area (Å²) < 4.78 is 40.0. The van der Waals surface area contributed by atoms with Crippen LogP contribution >= 0.6 is 11.7 Å². The lowest BCUT2D eigenvalue weighted by molar-refractivity contribution is 0.627. The van der Waals surface area contributed by atoms with Crippen molar-refractivity contribution < 1.29 is 8.78 Å². The van der Waals surface area contributed by atoms with Crippen molar-refractivity contribution in [3.63, 3.8) is 0 Å². The molecular weight excluding hydrogens is 847 g/mol. The topological polar surface area (TPSA) is 34.0 Å². The van der Waals surface area contributed by atoms with Crippen LogP contribution in [0.4, 0.5) is 25.8 Å². The number of benzene rings is 10. The van der Waals surface area contributed by atoms with E-state index >= 15 is 0 Å². The predicted molar refractivity (Wildman–Crippen MR) is 274 cm³/mol. The molecule has 12 rings (SSSR count). The van der Waals surface area contributed by atoms with Crippen LogP contribution in [0, 0.1) is 11.6 Å². The van der Waals surface area contributed by atoms with Crippen LogP contribution < -0.4 is 4.90 Å². The van der Waals surface area contributed by atoms with Crippen molar-refractivity contribution in [2.45, 2.75) is 0 Å². The lowest BCUT2D eigenvalue weighted by atomic mass is 10.0. The molecule has 0 bridgehead atoms. The predicted octanol–water partition coefficient (Wildman–Crippen LogP) is 16.9. The van der Waals surface area contributed by atoms with Gasteiger partial charge in [-0.1, -0.05) is 133 Å². The van der Waals surface area contributed by atoms with Gasteiger partial charge in [-0.15, -0.1) is 0 Å². The molecule has 0 atom stereocenters. The summed E-state index contributed by atoms with van der Waals surface area (Å²) in [5.74, 6) is -0.540. The maximum Gasteiger partial charge on any atom is 0.129 e. The fourth-order valence-corrected chi connectivity index (χ4v) is 9.87. The monoisotopic (exact) mass is 884 g/mol. The van der Waals surface area contributed by atoms with E-state index in [0.717, 1.165) is 100 Å². The Morgan fingerprint density at radius 3 is 1.25 bits per heavy atom. The molecular formula is C60H38F2N4S. The van der Waals surface area contributed by atoms with Crippen LogP contribution in [0.15, 0.2) is 231 Å². The summed E-state index contributed by atoms with van der Waals surface area (Å²) in [6, 6.07) is 77.2. The Hall–Kier alpha value is -8.52. The second-order valence-corrected chi connectivity index (χ2v) is 17.1. The van der Waals surface area contributed by atoms with Gasteiger partial charge in [0.15, 0.2) is 0 Å². The van der Waals surface area contributed by atoms with E-state index in [0.29, 0.717) is 0 Å². The molecule has 0 N–H and O–H groups in total. The van der Waals surface area contributed by atoms with Crippen LogP contribution in [0.3, 0.4) is 0 Å². The number of rotatable bonds is 9. The quantitative estimate of drug-likeness (QED) is 0.145. The largest absolute Gasteiger partial charge is 0.309 e. The number of hydrogen-bond acceptors (Lipinski definition) is 4. The normalized spacial score (nSPS) is 11.4. The fourth-order valence-electron chi connectivity index (χ4n) is 9.30. The lowest BCUT2D eigenvalue weighted by Crippen LogP contribution is -2.10. The van der Waals surface area contributed by atoms with Gasteiger partial charge in [0, 0.05) is 33.4 Å². The zero-order chi connectivity index (χ0) is 44.8. The van der Waals surface area contributed by atoms with Crippen LogP contribution in [-0.4, -0.2) is 13.3 Å². The average Bonchev–Trinajstić information content (AvgIpc) is 4.02. The van der Waals surface area contributed by atoms with E-state index in [1.807, 2.05) is 36.4 Å². The van der Waals surface area contributed by atoms with Crippen LogP contribution in [0.25, 0.3) is 94.2 Å². The molecule has 10 aromatic carbocycles. The van der Waals surface area contributed by atoms with Gasteiger partial charge in [-0.2, -0.15) is 8.75 Å². The van der Waals surface area contributed by atoms with E-state index in [9.17, 15) is 8.78 Å². The Balaban J connectivity index is 0.940. The second-order valence-electron chi connectivity index (χ2n) is 16.6. The average molecular weight is 885 g/mol. The number of halogens is 2. The molecule has 4 nitrogen and oxygen atoms in total. The zero-order valence-corrected chi connectivity index (χ0v) is 36.7. The molecule has 0 aliphatic rings. The van der Waals surface area contributed by atoms with Crippen LogP contribution in [0.1, 0.15) is 0 Å². The smallest absolute Gasteiger partial charge is 0.129 e. The summed E-state index contributed by atoms with van der Waals surface area (Å²) in [6.45, 7) is 0. The third-order valence-electron chi connectivity index (χ3n) is 12.7. The number of anilines is 3. The highest BCUT2D eigenvalue weighted by atomic mass is 32.1. The maximum absolute atomic E-state index is 13.9. The first-order valence-corrected chi connectivity index (χ1v) is 22.8. The van der Waals surface area contributed by atoms with Gasteiger partial charge in [0.25, 0.3) is 0 Å². The van der Waals surface area contributed by atoms with Crippen molar-refractivity contribution in [1.29, 1.82) is 0 Å². The van der Waals surface area contributed by atoms with Gasteiger partial charge in [0.1, 0.15) is 22.7 Å². The molecule has 0 saturated heterocycles. The van der Waals surface area contributed by atoms with Gasteiger partial charge in [-0.25, -0.2) is 8.78 Å². The lowest BCUT2D eigenvalue weighted by Gasteiger charge is -2.26. The first-order valence-electron chi connectivity index (χ1n) is 22.1. The van der Waals surface area contributed by atoms with E-state index in [1.54, 1.807) is 0 Å². The highest BCUT2D eigenvalue weighted by molar-refractivity contribution is 7.00. The molecule has 0 aliphatic heterocycles. The molecule has 0 radical (unpaired) electrons. The molecule has 12 aromatic rings. The van der Waals surface area contributed by atoms with Gasteiger partial charge in [0.2, 0.25) is 0 Å². The molecule has 7 heteroatoms. The number of fused-ring (bicyclic) bond motifs is 4. The Labute approximate surface area is 390 Å². The highest BCUT2D eigenvalue weighted by Gasteiger charge is 2.21. The Morgan fingerprint density at radius 2 is 0.761 bits per heavy atom. The van der Waals surface area contributed by atoms with Crippen LogP contribution in [0.5, 0.6) is 0 Å². The summed E-state index contributed by atoms with van der Waals surface area (Å²) in [5.41, 5.74) is 18.2. The van der Waals surface area contributed by atoms with Gasteiger partial charge >= 0.3 is 0 Å². The third kappa shape index (κ3) is 7.41. The Kier molecular flexibility index (Phi) is 10.0. The van der Waals surface area contributed by atoms with Crippen LogP contribution in [0.2, 0.25) is 0 Å². The Bertz CT molecular complexity index is 3530. The van der Waals surface area contributed by atoms with E-state index in [-0.39, 0.29) is 11.6 Å². The van der Waals surface area contributed by atoms with Gasteiger partial charge < -0.3 is 9.47 Å². The maximum atomic E-state index is 13.9. The van der Waals surface area contributed by atoms with Crippen LogP contribution in [-0.2, 0) is 0 Å². The van der Waals surface area contributed by atoms with Crippen molar-refractivity contribution in [3.05, 3.63) is 242 Å². The molecule has 0 unspecified atom stereocenters. The molecule has 2 heterocycles.